The lowest BCUT2D eigenvalue weighted by molar-refractivity contribution is -0.121. The molecule has 148 valence electrons. The number of benzene rings is 2. The van der Waals surface area contributed by atoms with Gasteiger partial charge in [-0.25, -0.2) is 0 Å². The maximum absolute atomic E-state index is 12.0. The molecule has 6 nitrogen and oxygen atoms in total. The molecular formula is C22H25NO5. The molecule has 2 rings (SSSR count). The first-order chi connectivity index (χ1) is 13.6. The minimum absolute atomic E-state index is 0.0589. The highest BCUT2D eigenvalue weighted by Gasteiger charge is 2.06. The van der Waals surface area contributed by atoms with Gasteiger partial charge in [0.25, 0.3) is 0 Å². The van der Waals surface area contributed by atoms with Crippen molar-refractivity contribution < 1.29 is 23.7 Å². The van der Waals surface area contributed by atoms with E-state index >= 15 is 0 Å². The molecule has 0 saturated heterocycles. The topological polar surface area (TPSA) is 66.0 Å². The zero-order chi connectivity index (χ0) is 20.4. The molecule has 28 heavy (non-hydrogen) atoms. The minimum atomic E-state index is -0.0589. The van der Waals surface area contributed by atoms with Gasteiger partial charge in [0, 0.05) is 24.9 Å². The van der Waals surface area contributed by atoms with E-state index in [0.717, 1.165) is 11.1 Å². The van der Waals surface area contributed by atoms with Crippen LogP contribution in [-0.4, -0.2) is 34.3 Å². The van der Waals surface area contributed by atoms with Crippen LogP contribution >= 0.6 is 0 Å². The lowest BCUT2D eigenvalue weighted by Gasteiger charge is -2.10. The number of hydrogen-bond donors (Lipinski definition) is 1. The van der Waals surface area contributed by atoms with E-state index in [1.165, 1.54) is 0 Å². The van der Waals surface area contributed by atoms with Gasteiger partial charge in [0.05, 0.1) is 28.4 Å². The molecule has 2 aromatic rings. The third kappa shape index (κ3) is 5.85. The molecule has 6 heteroatoms. The largest absolute Gasteiger partial charge is 0.493 e. The molecule has 0 aliphatic rings. The Bertz CT molecular complexity index is 867. The highest BCUT2D eigenvalue weighted by atomic mass is 16.5. The van der Waals surface area contributed by atoms with Crippen LogP contribution in [0.3, 0.4) is 0 Å². The van der Waals surface area contributed by atoms with Crippen molar-refractivity contribution in [1.82, 2.24) is 5.32 Å². The van der Waals surface area contributed by atoms with Crippen LogP contribution < -0.4 is 24.3 Å². The van der Waals surface area contributed by atoms with Crippen LogP contribution in [-0.2, 0) is 11.3 Å². The Morgan fingerprint density at radius 2 is 1.46 bits per heavy atom. The third-order valence-electron chi connectivity index (χ3n) is 4.03. The molecule has 1 amide bonds. The number of carbonyl (C=O) groups excluding carboxylic acids is 1. The molecular weight excluding hydrogens is 358 g/mol. The van der Waals surface area contributed by atoms with Gasteiger partial charge in [0.15, 0.2) is 23.0 Å². The summed E-state index contributed by atoms with van der Waals surface area (Å²) in [5, 5.41) is 2.88. The monoisotopic (exact) mass is 383 g/mol. The Morgan fingerprint density at radius 3 is 2.11 bits per heavy atom. The Balaban J connectivity index is 1.83. The van der Waals surface area contributed by atoms with Crippen molar-refractivity contribution in [2.45, 2.75) is 19.4 Å². The van der Waals surface area contributed by atoms with E-state index in [1.807, 2.05) is 30.3 Å². The molecule has 0 bridgehead atoms. The van der Waals surface area contributed by atoms with Gasteiger partial charge in [0.1, 0.15) is 0 Å². The lowest BCUT2D eigenvalue weighted by Crippen LogP contribution is -2.22. The summed E-state index contributed by atoms with van der Waals surface area (Å²) in [5.41, 5.74) is 1.74. The van der Waals surface area contributed by atoms with Crippen LogP contribution in [0.2, 0.25) is 0 Å². The Hall–Kier alpha value is -3.33. The number of hydrogen-bond acceptors (Lipinski definition) is 5. The van der Waals surface area contributed by atoms with Crippen molar-refractivity contribution >= 4 is 5.91 Å². The van der Waals surface area contributed by atoms with E-state index in [9.17, 15) is 4.79 Å². The smallest absolute Gasteiger partial charge is 0.221 e. The average Bonchev–Trinajstić information content (AvgIpc) is 2.74. The second-order valence-electron chi connectivity index (χ2n) is 5.84. The van der Waals surface area contributed by atoms with Crippen LogP contribution in [0.25, 0.3) is 0 Å². The summed E-state index contributed by atoms with van der Waals surface area (Å²) in [6.45, 7) is 0.419. The van der Waals surface area contributed by atoms with E-state index < -0.39 is 0 Å². The normalized spacial score (nSPS) is 9.71. The molecule has 0 fully saturated rings. The first-order valence-electron chi connectivity index (χ1n) is 8.79. The van der Waals surface area contributed by atoms with Crippen LogP contribution in [0, 0.1) is 11.8 Å². The van der Waals surface area contributed by atoms with Crippen molar-refractivity contribution in [3.63, 3.8) is 0 Å². The summed E-state index contributed by atoms with van der Waals surface area (Å²) < 4.78 is 20.9. The zero-order valence-corrected chi connectivity index (χ0v) is 16.6. The lowest BCUT2D eigenvalue weighted by atomic mass is 10.2. The summed E-state index contributed by atoms with van der Waals surface area (Å²) in [4.78, 5) is 12.0. The van der Waals surface area contributed by atoms with E-state index in [-0.39, 0.29) is 5.91 Å². The predicted molar refractivity (Wildman–Crippen MR) is 107 cm³/mol. The fourth-order valence-electron chi connectivity index (χ4n) is 2.53. The van der Waals surface area contributed by atoms with Crippen molar-refractivity contribution in [3.05, 3.63) is 47.5 Å². The SMILES string of the molecule is COc1ccc(C#CCCC(=O)NCc2ccc(OC)c(OC)c2)cc1OC. The standard InChI is InChI=1S/C22H25NO5/c1-25-18-11-9-16(13-20(18)27-3)7-5-6-8-22(24)23-15-17-10-12-19(26-2)21(14-17)28-4/h9-14H,6,8,15H2,1-4H3,(H,23,24). The van der Waals surface area contributed by atoms with Crippen LogP contribution in [0.5, 0.6) is 23.0 Å². The van der Waals surface area contributed by atoms with Crippen molar-refractivity contribution in [3.8, 4) is 34.8 Å². The zero-order valence-electron chi connectivity index (χ0n) is 16.6. The van der Waals surface area contributed by atoms with Gasteiger partial charge in [-0.1, -0.05) is 17.9 Å². The number of amides is 1. The fourth-order valence-corrected chi connectivity index (χ4v) is 2.53. The van der Waals surface area contributed by atoms with Crippen LogP contribution in [0.1, 0.15) is 24.0 Å². The minimum Gasteiger partial charge on any atom is -0.493 e. The number of nitrogens with one attached hydrogen (secondary N) is 1. The van der Waals surface area contributed by atoms with Crippen molar-refractivity contribution in [1.29, 1.82) is 0 Å². The quantitative estimate of drug-likeness (QED) is 0.710. The van der Waals surface area contributed by atoms with Gasteiger partial charge in [-0.15, -0.1) is 0 Å². The highest BCUT2D eigenvalue weighted by Crippen LogP contribution is 2.28. The maximum Gasteiger partial charge on any atom is 0.221 e. The molecule has 0 atom stereocenters. The van der Waals surface area contributed by atoms with Crippen LogP contribution in [0.15, 0.2) is 36.4 Å². The Kier molecular flexibility index (Phi) is 8.04. The molecule has 1 N–H and O–H groups in total. The molecule has 2 aromatic carbocycles. The van der Waals surface area contributed by atoms with E-state index in [0.29, 0.717) is 42.4 Å². The van der Waals surface area contributed by atoms with Crippen molar-refractivity contribution in [2.24, 2.45) is 0 Å². The summed E-state index contributed by atoms with van der Waals surface area (Å²) in [7, 11) is 6.33. The molecule has 0 spiro atoms. The molecule has 0 aromatic heterocycles. The van der Waals surface area contributed by atoms with E-state index in [1.54, 1.807) is 34.5 Å². The van der Waals surface area contributed by atoms with Gasteiger partial charge in [-0.3, -0.25) is 4.79 Å². The number of methoxy groups -OCH3 is 4. The van der Waals surface area contributed by atoms with Gasteiger partial charge >= 0.3 is 0 Å². The molecule has 0 radical (unpaired) electrons. The molecule has 0 saturated carbocycles. The summed E-state index contributed by atoms with van der Waals surface area (Å²) in [5.74, 6) is 8.55. The fraction of sp³-hybridized carbons (Fsp3) is 0.318. The van der Waals surface area contributed by atoms with E-state index in [4.69, 9.17) is 18.9 Å². The van der Waals surface area contributed by atoms with Crippen LogP contribution in [0.4, 0.5) is 0 Å². The van der Waals surface area contributed by atoms with Gasteiger partial charge in [0.2, 0.25) is 5.91 Å². The highest BCUT2D eigenvalue weighted by molar-refractivity contribution is 5.76. The second-order valence-corrected chi connectivity index (χ2v) is 5.84. The summed E-state index contributed by atoms with van der Waals surface area (Å²) in [6, 6.07) is 11.0. The summed E-state index contributed by atoms with van der Waals surface area (Å²) in [6.07, 6.45) is 0.791. The third-order valence-corrected chi connectivity index (χ3v) is 4.03. The number of rotatable bonds is 8. The van der Waals surface area contributed by atoms with Gasteiger partial charge in [-0.05, 0) is 35.9 Å². The van der Waals surface area contributed by atoms with Gasteiger partial charge < -0.3 is 24.3 Å². The Labute approximate surface area is 165 Å². The molecule has 0 aliphatic carbocycles. The van der Waals surface area contributed by atoms with Crippen molar-refractivity contribution in [2.75, 3.05) is 28.4 Å². The molecule has 0 aliphatic heterocycles. The predicted octanol–water partition coefficient (Wildman–Crippen LogP) is 3.17. The number of carbonyl (C=O) groups is 1. The average molecular weight is 383 g/mol. The summed E-state index contributed by atoms with van der Waals surface area (Å²) >= 11 is 0. The first-order valence-corrected chi connectivity index (χ1v) is 8.79. The number of ether oxygens (including phenoxy) is 4. The van der Waals surface area contributed by atoms with Gasteiger partial charge in [-0.2, -0.15) is 0 Å². The van der Waals surface area contributed by atoms with E-state index in [2.05, 4.69) is 17.2 Å². The second kappa shape index (κ2) is 10.7. The first kappa shape index (κ1) is 21.0. The Morgan fingerprint density at radius 1 is 0.857 bits per heavy atom. The molecule has 0 unspecified atom stereocenters. The molecule has 0 heterocycles. The maximum atomic E-state index is 12.0.